The molecule has 3 aliphatic rings. The molecule has 2 heterocycles. The summed E-state index contributed by atoms with van der Waals surface area (Å²) >= 11 is 0. The van der Waals surface area contributed by atoms with E-state index >= 15 is 0 Å². The Balaban J connectivity index is 1.51. The zero-order chi connectivity index (χ0) is 23.3. The fourth-order valence-electron chi connectivity index (χ4n) is 5.03. The molecular formula is C27H35N3O3. The average molecular weight is 450 g/mol. The number of anilines is 2. The molecule has 1 aromatic carbocycles. The van der Waals surface area contributed by atoms with Crippen LogP contribution >= 0.6 is 0 Å². The third-order valence-electron chi connectivity index (χ3n) is 7.26. The first kappa shape index (κ1) is 22.1. The van der Waals surface area contributed by atoms with Gasteiger partial charge in [-0.25, -0.2) is 4.79 Å². The van der Waals surface area contributed by atoms with Crippen LogP contribution in [0.4, 0.5) is 16.2 Å². The predicted molar refractivity (Wildman–Crippen MR) is 131 cm³/mol. The van der Waals surface area contributed by atoms with Gasteiger partial charge in [0.05, 0.1) is 23.5 Å². The quantitative estimate of drug-likeness (QED) is 0.583. The number of aromatic nitrogens is 1. The molecule has 0 spiro atoms. The zero-order valence-corrected chi connectivity index (χ0v) is 20.2. The Morgan fingerprint density at radius 2 is 1.82 bits per heavy atom. The Labute approximate surface area is 196 Å². The van der Waals surface area contributed by atoms with Crippen LogP contribution in [-0.2, 0) is 16.1 Å². The number of ether oxygens (including phenoxy) is 1. The number of carbonyl (C=O) groups is 2. The van der Waals surface area contributed by atoms with Gasteiger partial charge >= 0.3 is 6.09 Å². The van der Waals surface area contributed by atoms with Crippen LogP contribution < -0.4 is 9.80 Å². The topological polar surface area (TPSA) is 54.8 Å². The normalized spacial score (nSPS) is 20.6. The lowest BCUT2D eigenvalue weighted by Crippen LogP contribution is -2.52. The molecule has 2 amide bonds. The number of hydrogen-bond acceptors (Lipinski definition) is 3. The van der Waals surface area contributed by atoms with Gasteiger partial charge in [0.25, 0.3) is 0 Å². The van der Waals surface area contributed by atoms with E-state index < -0.39 is 0 Å². The molecule has 2 saturated carbocycles. The molecule has 2 fully saturated rings. The van der Waals surface area contributed by atoms with Crippen molar-refractivity contribution in [1.82, 2.24) is 4.57 Å². The smallest absolute Gasteiger partial charge is 0.414 e. The van der Waals surface area contributed by atoms with Crippen LogP contribution in [0, 0.1) is 18.8 Å². The Morgan fingerprint density at radius 1 is 1.06 bits per heavy atom. The summed E-state index contributed by atoms with van der Waals surface area (Å²) in [5.74, 6) is 1.09. The van der Waals surface area contributed by atoms with E-state index in [-0.39, 0.29) is 30.1 Å². The number of fused-ring (bicyclic) bond motifs is 1. The van der Waals surface area contributed by atoms with E-state index in [1.54, 1.807) is 4.90 Å². The minimum atomic E-state index is -0.354. The van der Waals surface area contributed by atoms with Gasteiger partial charge in [-0.2, -0.15) is 0 Å². The molecule has 1 aromatic heterocycles. The van der Waals surface area contributed by atoms with E-state index in [0.717, 1.165) is 47.8 Å². The van der Waals surface area contributed by atoms with Crippen LogP contribution in [0.25, 0.3) is 11.1 Å². The highest BCUT2D eigenvalue weighted by atomic mass is 16.6. The van der Waals surface area contributed by atoms with Crippen LogP contribution in [0.2, 0.25) is 0 Å². The molecule has 6 heteroatoms. The molecule has 1 atom stereocenters. The van der Waals surface area contributed by atoms with Crippen molar-refractivity contribution in [2.24, 2.45) is 11.8 Å². The Kier molecular flexibility index (Phi) is 5.71. The van der Waals surface area contributed by atoms with Crippen LogP contribution in [0.1, 0.15) is 58.6 Å². The number of amides is 2. The second kappa shape index (κ2) is 8.54. The van der Waals surface area contributed by atoms with Crippen LogP contribution in [0.3, 0.4) is 0 Å². The fraction of sp³-hybridized carbons (Fsp3) is 0.556. The van der Waals surface area contributed by atoms with Gasteiger partial charge in [-0.15, -0.1) is 0 Å². The van der Waals surface area contributed by atoms with Crippen molar-refractivity contribution in [2.45, 2.75) is 78.5 Å². The summed E-state index contributed by atoms with van der Waals surface area (Å²) < 4.78 is 7.92. The van der Waals surface area contributed by atoms with E-state index in [1.165, 1.54) is 25.0 Å². The summed E-state index contributed by atoms with van der Waals surface area (Å²) in [6.45, 7) is 9.40. The molecule has 33 heavy (non-hydrogen) atoms. The zero-order valence-electron chi connectivity index (χ0n) is 20.2. The molecule has 1 aliphatic heterocycles. The third-order valence-corrected chi connectivity index (χ3v) is 7.26. The number of nitrogens with zero attached hydrogens (tertiary/aromatic N) is 3. The molecule has 0 radical (unpaired) electrons. The van der Waals surface area contributed by atoms with E-state index in [0.29, 0.717) is 6.54 Å². The van der Waals surface area contributed by atoms with Crippen molar-refractivity contribution in [2.75, 3.05) is 16.3 Å². The maximum Gasteiger partial charge on any atom is 0.414 e. The van der Waals surface area contributed by atoms with Crippen molar-refractivity contribution in [3.05, 3.63) is 36.2 Å². The number of hydrogen-bond donors (Lipinski definition) is 0. The number of rotatable bonds is 5. The summed E-state index contributed by atoms with van der Waals surface area (Å²) in [5, 5.41) is 0. The molecule has 6 nitrogen and oxygen atoms in total. The molecule has 1 unspecified atom stereocenters. The van der Waals surface area contributed by atoms with E-state index in [4.69, 9.17) is 4.74 Å². The van der Waals surface area contributed by atoms with Gasteiger partial charge < -0.3 is 14.2 Å². The largest absolute Gasteiger partial charge is 0.446 e. The molecule has 0 saturated heterocycles. The maximum atomic E-state index is 13.1. The highest BCUT2D eigenvalue weighted by Crippen LogP contribution is 2.42. The van der Waals surface area contributed by atoms with Crippen LogP contribution in [-0.4, -0.2) is 35.3 Å². The van der Waals surface area contributed by atoms with Gasteiger partial charge in [0.15, 0.2) is 0 Å². The number of benzene rings is 1. The van der Waals surface area contributed by atoms with Crippen LogP contribution in [0.5, 0.6) is 0 Å². The third kappa shape index (κ3) is 4.28. The van der Waals surface area contributed by atoms with Gasteiger partial charge in [0.2, 0.25) is 5.91 Å². The molecule has 2 aliphatic carbocycles. The second-order valence-corrected chi connectivity index (χ2v) is 10.4. The lowest BCUT2D eigenvalue weighted by atomic mass is 9.85. The molecule has 0 N–H and O–H groups in total. The molecular weight excluding hydrogens is 414 g/mol. The summed E-state index contributed by atoms with van der Waals surface area (Å²) in [6.07, 6.45) is 7.58. The Bertz CT molecular complexity index is 1060. The van der Waals surface area contributed by atoms with Gasteiger partial charge in [-0.05, 0) is 88.6 Å². The first-order chi connectivity index (χ1) is 15.8. The van der Waals surface area contributed by atoms with E-state index in [1.807, 2.05) is 31.7 Å². The molecule has 0 bridgehead atoms. The lowest BCUT2D eigenvalue weighted by Gasteiger charge is -2.41. The highest BCUT2D eigenvalue weighted by molar-refractivity contribution is 6.05. The fourth-order valence-corrected chi connectivity index (χ4v) is 5.03. The van der Waals surface area contributed by atoms with Crippen molar-refractivity contribution in [3.8, 4) is 11.1 Å². The highest BCUT2D eigenvalue weighted by Gasteiger charge is 2.41. The van der Waals surface area contributed by atoms with Gasteiger partial charge in [-0.3, -0.25) is 9.69 Å². The first-order valence-corrected chi connectivity index (χ1v) is 12.4. The standard InChI is InChI=1S/C27H35N3O3/c1-17(2)33-27(32)29-14-19(4)30(26(31)21-8-9-21)24-11-10-22(13-25(24)29)23-12-18(3)28(16-23)15-20-6-5-7-20/h10-13,16-17,19-21H,5-9,14-15H2,1-4H3. The predicted octanol–water partition coefficient (Wildman–Crippen LogP) is 5.76. The molecule has 176 valence electrons. The summed E-state index contributed by atoms with van der Waals surface area (Å²) in [6, 6.07) is 8.27. The Morgan fingerprint density at radius 3 is 2.45 bits per heavy atom. The number of carbonyl (C=O) groups excluding carboxylic acids is 2. The first-order valence-electron chi connectivity index (χ1n) is 12.4. The average Bonchev–Trinajstić information content (AvgIpc) is 3.52. The summed E-state index contributed by atoms with van der Waals surface area (Å²) in [4.78, 5) is 29.7. The Hall–Kier alpha value is -2.76. The summed E-state index contributed by atoms with van der Waals surface area (Å²) in [5.41, 5.74) is 5.02. The maximum absolute atomic E-state index is 13.1. The van der Waals surface area contributed by atoms with Crippen LogP contribution in [0.15, 0.2) is 30.5 Å². The molecule has 2 aromatic rings. The van der Waals surface area contributed by atoms with Gasteiger partial charge in [-0.1, -0.05) is 12.5 Å². The van der Waals surface area contributed by atoms with Crippen molar-refractivity contribution in [3.63, 3.8) is 0 Å². The minimum Gasteiger partial charge on any atom is -0.446 e. The number of aryl methyl sites for hydroxylation is 1. The van der Waals surface area contributed by atoms with Crippen molar-refractivity contribution < 1.29 is 14.3 Å². The summed E-state index contributed by atoms with van der Waals surface area (Å²) in [7, 11) is 0. The SMILES string of the molecule is Cc1cc(-c2ccc3c(c2)N(C(=O)OC(C)C)CC(C)N3C(=O)C2CC2)cn1CC1CCC1. The van der Waals surface area contributed by atoms with Gasteiger partial charge in [0.1, 0.15) is 0 Å². The van der Waals surface area contributed by atoms with E-state index in [2.05, 4.69) is 35.9 Å². The monoisotopic (exact) mass is 449 g/mol. The van der Waals surface area contributed by atoms with Gasteiger partial charge in [0, 0.05) is 30.9 Å². The van der Waals surface area contributed by atoms with Crippen molar-refractivity contribution >= 4 is 23.4 Å². The lowest BCUT2D eigenvalue weighted by molar-refractivity contribution is -0.120. The molecule has 5 rings (SSSR count). The minimum absolute atomic E-state index is 0.0954. The second-order valence-electron chi connectivity index (χ2n) is 10.4. The van der Waals surface area contributed by atoms with E-state index in [9.17, 15) is 9.59 Å². The van der Waals surface area contributed by atoms with Crippen molar-refractivity contribution in [1.29, 1.82) is 0 Å².